The average Bonchev–Trinajstić information content (AvgIpc) is 3.08. The number of benzene rings is 2. The summed E-state index contributed by atoms with van der Waals surface area (Å²) in [5.41, 5.74) is 4.92. The molecule has 0 spiro atoms. The van der Waals surface area contributed by atoms with Crippen molar-refractivity contribution in [3.05, 3.63) is 58.9 Å². The Kier molecular flexibility index (Phi) is 5.96. The van der Waals surface area contributed by atoms with Gasteiger partial charge in [-0.1, -0.05) is 26.0 Å². The molecule has 0 bridgehead atoms. The largest absolute Gasteiger partial charge is 0.481 e. The number of amides is 1. The van der Waals surface area contributed by atoms with Crippen LogP contribution in [0.2, 0.25) is 0 Å². The molecule has 1 N–H and O–H groups in total. The first-order valence-electron chi connectivity index (χ1n) is 9.70. The van der Waals surface area contributed by atoms with Crippen molar-refractivity contribution in [3.8, 4) is 11.4 Å². The quantitative estimate of drug-likeness (QED) is 0.681. The zero-order valence-corrected chi connectivity index (χ0v) is 17.7. The number of hydrogen-bond donors (Lipinski definition) is 1. The lowest BCUT2D eigenvalue weighted by atomic mass is 9.98. The zero-order chi connectivity index (χ0) is 21.1. The van der Waals surface area contributed by atoms with E-state index in [9.17, 15) is 4.79 Å². The molecule has 7 heteroatoms. The van der Waals surface area contributed by atoms with Gasteiger partial charge in [-0.25, -0.2) is 0 Å². The van der Waals surface area contributed by atoms with Crippen LogP contribution in [-0.4, -0.2) is 32.2 Å². The second-order valence-corrected chi connectivity index (χ2v) is 7.56. The summed E-state index contributed by atoms with van der Waals surface area (Å²) in [4.78, 5) is 12.6. The summed E-state index contributed by atoms with van der Waals surface area (Å²) in [6.45, 7) is 11.9. The highest BCUT2D eigenvalue weighted by Gasteiger charge is 2.17. The van der Waals surface area contributed by atoms with E-state index in [0.717, 1.165) is 16.8 Å². The first kappa shape index (κ1) is 20.5. The number of tetrazole rings is 1. The number of aryl methyl sites for hydroxylation is 3. The van der Waals surface area contributed by atoms with E-state index in [-0.39, 0.29) is 5.91 Å². The van der Waals surface area contributed by atoms with Gasteiger partial charge < -0.3 is 10.1 Å². The van der Waals surface area contributed by atoms with Crippen LogP contribution in [0.25, 0.3) is 5.69 Å². The van der Waals surface area contributed by atoms with E-state index in [1.807, 2.05) is 44.2 Å². The van der Waals surface area contributed by atoms with Crippen molar-refractivity contribution in [3.63, 3.8) is 0 Å². The molecule has 2 aromatic carbocycles. The summed E-state index contributed by atoms with van der Waals surface area (Å²) in [6.07, 6.45) is -0.640. The Balaban J connectivity index is 1.72. The number of carbonyl (C=O) groups is 1. The Labute approximate surface area is 171 Å². The van der Waals surface area contributed by atoms with Crippen molar-refractivity contribution < 1.29 is 9.53 Å². The molecule has 0 fully saturated rings. The maximum Gasteiger partial charge on any atom is 0.265 e. The summed E-state index contributed by atoms with van der Waals surface area (Å²) in [5.74, 6) is 1.58. The van der Waals surface area contributed by atoms with Crippen molar-refractivity contribution in [2.24, 2.45) is 0 Å². The molecule has 3 rings (SSSR count). The van der Waals surface area contributed by atoms with E-state index in [4.69, 9.17) is 4.74 Å². The fourth-order valence-electron chi connectivity index (χ4n) is 3.24. The standard InChI is InChI=1S/C22H27N5O2/c1-13(2)20-10-9-19(11-15(20)4)29-16(5)22(28)23-18-8-7-14(3)21(12-18)27-17(6)24-25-26-27/h7-13,16H,1-6H3,(H,23,28). The van der Waals surface area contributed by atoms with Gasteiger partial charge in [0.15, 0.2) is 11.9 Å². The number of rotatable bonds is 6. The van der Waals surface area contributed by atoms with E-state index in [1.54, 1.807) is 11.6 Å². The monoisotopic (exact) mass is 393 g/mol. The molecule has 3 aromatic rings. The van der Waals surface area contributed by atoms with Crippen LogP contribution in [-0.2, 0) is 4.79 Å². The third-order valence-electron chi connectivity index (χ3n) is 4.88. The number of aromatic nitrogens is 4. The molecule has 0 aliphatic rings. The van der Waals surface area contributed by atoms with E-state index in [1.165, 1.54) is 5.56 Å². The highest BCUT2D eigenvalue weighted by atomic mass is 16.5. The molecular weight excluding hydrogens is 366 g/mol. The fraction of sp³-hybridized carbons (Fsp3) is 0.364. The van der Waals surface area contributed by atoms with E-state index in [0.29, 0.717) is 23.2 Å². The molecule has 7 nitrogen and oxygen atoms in total. The predicted molar refractivity (Wildman–Crippen MR) is 113 cm³/mol. The summed E-state index contributed by atoms with van der Waals surface area (Å²) in [6, 6.07) is 11.6. The minimum atomic E-state index is -0.640. The molecule has 1 unspecified atom stereocenters. The van der Waals surface area contributed by atoms with Gasteiger partial charge in [-0.05, 0) is 85.0 Å². The maximum atomic E-state index is 12.6. The zero-order valence-electron chi connectivity index (χ0n) is 17.7. The first-order valence-corrected chi connectivity index (χ1v) is 9.70. The van der Waals surface area contributed by atoms with Gasteiger partial charge in [-0.15, -0.1) is 5.10 Å². The maximum absolute atomic E-state index is 12.6. The van der Waals surface area contributed by atoms with Gasteiger partial charge in [0.05, 0.1) is 5.69 Å². The summed E-state index contributed by atoms with van der Waals surface area (Å²) >= 11 is 0. The molecule has 1 heterocycles. The molecule has 0 saturated heterocycles. The van der Waals surface area contributed by atoms with Crippen molar-refractivity contribution in [1.82, 2.24) is 20.2 Å². The molecule has 152 valence electrons. The van der Waals surface area contributed by atoms with Gasteiger partial charge >= 0.3 is 0 Å². The lowest BCUT2D eigenvalue weighted by Gasteiger charge is -2.17. The number of ether oxygens (including phenoxy) is 1. The van der Waals surface area contributed by atoms with E-state index in [2.05, 4.69) is 47.7 Å². The molecule has 0 aliphatic heterocycles. The Morgan fingerprint density at radius 1 is 1.03 bits per heavy atom. The number of nitrogens with one attached hydrogen (secondary N) is 1. The molecule has 29 heavy (non-hydrogen) atoms. The topological polar surface area (TPSA) is 81.9 Å². The fourth-order valence-corrected chi connectivity index (χ4v) is 3.24. The van der Waals surface area contributed by atoms with Gasteiger partial charge in [-0.3, -0.25) is 4.79 Å². The van der Waals surface area contributed by atoms with Crippen LogP contribution >= 0.6 is 0 Å². The number of carbonyl (C=O) groups excluding carboxylic acids is 1. The van der Waals surface area contributed by atoms with Gasteiger partial charge in [0.25, 0.3) is 5.91 Å². The van der Waals surface area contributed by atoms with Crippen molar-refractivity contribution in [1.29, 1.82) is 0 Å². The smallest absolute Gasteiger partial charge is 0.265 e. The number of anilines is 1. The summed E-state index contributed by atoms with van der Waals surface area (Å²) < 4.78 is 7.50. The number of nitrogens with zero attached hydrogens (tertiary/aromatic N) is 4. The second-order valence-electron chi connectivity index (χ2n) is 7.56. The van der Waals surface area contributed by atoms with Crippen LogP contribution in [0.15, 0.2) is 36.4 Å². The minimum absolute atomic E-state index is 0.223. The van der Waals surface area contributed by atoms with Crippen molar-refractivity contribution >= 4 is 11.6 Å². The third-order valence-corrected chi connectivity index (χ3v) is 4.88. The Morgan fingerprint density at radius 3 is 2.41 bits per heavy atom. The highest BCUT2D eigenvalue weighted by Crippen LogP contribution is 2.24. The Bertz CT molecular complexity index is 1030. The highest BCUT2D eigenvalue weighted by molar-refractivity contribution is 5.94. The van der Waals surface area contributed by atoms with Gasteiger partial charge in [0, 0.05) is 5.69 Å². The van der Waals surface area contributed by atoms with Crippen molar-refractivity contribution in [2.45, 2.75) is 53.6 Å². The lowest BCUT2D eigenvalue weighted by Crippen LogP contribution is -2.30. The van der Waals surface area contributed by atoms with Gasteiger partial charge in [0.2, 0.25) is 0 Å². The predicted octanol–water partition coefficient (Wildman–Crippen LogP) is 4.12. The average molecular weight is 393 g/mol. The van der Waals surface area contributed by atoms with Gasteiger partial charge in [0.1, 0.15) is 5.75 Å². The molecule has 1 atom stereocenters. The van der Waals surface area contributed by atoms with E-state index >= 15 is 0 Å². The third kappa shape index (κ3) is 4.62. The Hall–Kier alpha value is -3.22. The van der Waals surface area contributed by atoms with Crippen LogP contribution in [0.1, 0.15) is 49.2 Å². The summed E-state index contributed by atoms with van der Waals surface area (Å²) in [7, 11) is 0. The molecule has 0 saturated carbocycles. The molecule has 0 aliphatic carbocycles. The van der Waals surface area contributed by atoms with Gasteiger partial charge in [-0.2, -0.15) is 4.68 Å². The number of hydrogen-bond acceptors (Lipinski definition) is 5. The Morgan fingerprint density at radius 2 is 1.79 bits per heavy atom. The lowest BCUT2D eigenvalue weighted by molar-refractivity contribution is -0.122. The minimum Gasteiger partial charge on any atom is -0.481 e. The second kappa shape index (κ2) is 8.43. The van der Waals surface area contributed by atoms with Crippen LogP contribution in [0.5, 0.6) is 5.75 Å². The summed E-state index contributed by atoms with van der Waals surface area (Å²) in [5, 5.41) is 14.5. The van der Waals surface area contributed by atoms with Crippen molar-refractivity contribution in [2.75, 3.05) is 5.32 Å². The van der Waals surface area contributed by atoms with Crippen LogP contribution in [0.3, 0.4) is 0 Å². The van der Waals surface area contributed by atoms with Crippen LogP contribution < -0.4 is 10.1 Å². The molecule has 0 radical (unpaired) electrons. The molecule has 1 amide bonds. The molecular formula is C22H27N5O2. The van der Waals surface area contributed by atoms with Crippen LogP contribution in [0, 0.1) is 20.8 Å². The molecule has 1 aromatic heterocycles. The van der Waals surface area contributed by atoms with Crippen LogP contribution in [0.4, 0.5) is 5.69 Å². The SMILES string of the molecule is Cc1cc(OC(C)C(=O)Nc2ccc(C)c(-n3nnnc3C)c2)ccc1C(C)C. The van der Waals surface area contributed by atoms with E-state index < -0.39 is 6.10 Å². The first-order chi connectivity index (χ1) is 13.8. The normalized spacial score (nSPS) is 12.1.